The van der Waals surface area contributed by atoms with Crippen LogP contribution in [0.4, 0.5) is 0 Å². The second-order valence-corrected chi connectivity index (χ2v) is 14.7. The van der Waals surface area contributed by atoms with Gasteiger partial charge in [0.25, 0.3) is 0 Å². The predicted octanol–water partition coefficient (Wildman–Crippen LogP) is 15.5. The molecule has 0 aliphatic carbocycles. The van der Waals surface area contributed by atoms with Crippen molar-refractivity contribution < 1.29 is 4.42 Å². The minimum absolute atomic E-state index is 0.928. The Labute approximate surface area is 317 Å². The van der Waals surface area contributed by atoms with Crippen LogP contribution in [0.25, 0.3) is 120 Å². The summed E-state index contributed by atoms with van der Waals surface area (Å²) < 4.78 is 6.58. The van der Waals surface area contributed by atoms with Crippen LogP contribution in [0, 0.1) is 0 Å². The molecule has 1 heteroatoms. The molecule has 0 N–H and O–H groups in total. The Bertz CT molecular complexity index is 3490. The van der Waals surface area contributed by atoms with Crippen molar-refractivity contribution in [2.45, 2.75) is 0 Å². The molecular weight excluding hydrogens is 665 g/mol. The fraction of sp³-hybridized carbons (Fsp3) is 0. The first-order valence-corrected chi connectivity index (χ1v) is 19.0. The number of hydrogen-bond acceptors (Lipinski definition) is 1. The van der Waals surface area contributed by atoms with Gasteiger partial charge in [-0.1, -0.05) is 170 Å². The highest BCUT2D eigenvalue weighted by atomic mass is 16.3. The van der Waals surface area contributed by atoms with Crippen LogP contribution >= 0.6 is 0 Å². The largest absolute Gasteiger partial charge is 0.455 e. The van der Waals surface area contributed by atoms with Gasteiger partial charge in [-0.3, -0.25) is 0 Å². The standard InChI is InChI=1S/C54H32O/c1-3-15-37-33(12-1)14-11-23-43(37)51-44-19-7-9-21-46(44)52(47-22-10-8-20-45(47)51)48-30-29-38(41-17-5-6-18-42(41)48)35-24-27-40-36(32-35)25-28-49-53-39-16-4-2-13-34(39)26-31-50(53)55-54(40)49/h1-32H. The van der Waals surface area contributed by atoms with E-state index in [1.54, 1.807) is 0 Å². The Morgan fingerprint density at radius 1 is 0.273 bits per heavy atom. The second-order valence-electron chi connectivity index (χ2n) is 14.7. The quantitative estimate of drug-likeness (QED) is 0.168. The second kappa shape index (κ2) is 11.6. The van der Waals surface area contributed by atoms with E-state index in [2.05, 4.69) is 194 Å². The maximum atomic E-state index is 6.58. The van der Waals surface area contributed by atoms with Crippen molar-refractivity contribution >= 4 is 86.6 Å². The highest BCUT2D eigenvalue weighted by Crippen LogP contribution is 2.48. The number of hydrogen-bond donors (Lipinski definition) is 0. The molecule has 0 amide bonds. The fourth-order valence-corrected chi connectivity index (χ4v) is 9.42. The van der Waals surface area contributed by atoms with Gasteiger partial charge in [0.15, 0.2) is 0 Å². The Hall–Kier alpha value is -7.22. The minimum atomic E-state index is 0.928. The van der Waals surface area contributed by atoms with Crippen molar-refractivity contribution in [2.75, 3.05) is 0 Å². The van der Waals surface area contributed by atoms with Crippen LogP contribution < -0.4 is 0 Å². The van der Waals surface area contributed by atoms with Gasteiger partial charge in [-0.2, -0.15) is 0 Å². The molecule has 254 valence electrons. The van der Waals surface area contributed by atoms with E-state index < -0.39 is 0 Å². The SMILES string of the molecule is c1ccc2c(-c3c4ccccc4c(-c4ccc(-c5ccc6c(ccc7c6oc6ccc8ccccc8c67)c5)c5ccccc45)c4ccccc34)cccc2c1. The van der Waals surface area contributed by atoms with Gasteiger partial charge in [0, 0.05) is 16.2 Å². The van der Waals surface area contributed by atoms with Crippen LogP contribution in [0.1, 0.15) is 0 Å². The van der Waals surface area contributed by atoms with Gasteiger partial charge in [-0.25, -0.2) is 0 Å². The van der Waals surface area contributed by atoms with E-state index in [1.165, 1.54) is 98.0 Å². The third kappa shape index (κ3) is 4.41. The summed E-state index contributed by atoms with van der Waals surface area (Å²) >= 11 is 0. The van der Waals surface area contributed by atoms with Crippen molar-refractivity contribution in [1.82, 2.24) is 0 Å². The van der Waals surface area contributed by atoms with Crippen LogP contribution in [-0.4, -0.2) is 0 Å². The Kier molecular flexibility index (Phi) is 6.40. The Morgan fingerprint density at radius 2 is 0.764 bits per heavy atom. The average Bonchev–Trinajstić information content (AvgIpc) is 3.65. The molecule has 12 rings (SSSR count). The summed E-state index contributed by atoms with van der Waals surface area (Å²) in [7, 11) is 0. The van der Waals surface area contributed by atoms with Crippen molar-refractivity contribution in [2.24, 2.45) is 0 Å². The molecule has 12 aromatic rings. The molecule has 1 aromatic heterocycles. The average molecular weight is 697 g/mol. The molecule has 11 aromatic carbocycles. The van der Waals surface area contributed by atoms with Crippen molar-refractivity contribution in [1.29, 1.82) is 0 Å². The van der Waals surface area contributed by atoms with E-state index in [0.29, 0.717) is 0 Å². The summed E-state index contributed by atoms with van der Waals surface area (Å²) in [5, 5.41) is 17.2. The summed E-state index contributed by atoms with van der Waals surface area (Å²) in [5.74, 6) is 0. The lowest BCUT2D eigenvalue weighted by atomic mass is 9.83. The lowest BCUT2D eigenvalue weighted by molar-refractivity contribution is 0.673. The first-order chi connectivity index (χ1) is 27.3. The number of benzene rings is 11. The smallest absolute Gasteiger partial charge is 0.143 e. The van der Waals surface area contributed by atoms with E-state index in [1.807, 2.05) is 0 Å². The molecule has 1 heterocycles. The zero-order valence-electron chi connectivity index (χ0n) is 29.9. The zero-order valence-corrected chi connectivity index (χ0v) is 29.9. The van der Waals surface area contributed by atoms with Gasteiger partial charge in [-0.05, 0) is 117 Å². The number of furan rings is 1. The van der Waals surface area contributed by atoms with E-state index in [4.69, 9.17) is 4.42 Å². The summed E-state index contributed by atoms with van der Waals surface area (Å²) in [5.41, 5.74) is 9.36. The molecule has 0 saturated carbocycles. The van der Waals surface area contributed by atoms with Gasteiger partial charge in [-0.15, -0.1) is 0 Å². The molecule has 0 bridgehead atoms. The summed E-state index contributed by atoms with van der Waals surface area (Å²) in [4.78, 5) is 0. The van der Waals surface area contributed by atoms with E-state index in [9.17, 15) is 0 Å². The van der Waals surface area contributed by atoms with Crippen LogP contribution in [-0.2, 0) is 0 Å². The topological polar surface area (TPSA) is 13.1 Å². The van der Waals surface area contributed by atoms with E-state index in [0.717, 1.165) is 21.9 Å². The Balaban J connectivity index is 1.07. The highest BCUT2D eigenvalue weighted by Gasteiger charge is 2.20. The lowest BCUT2D eigenvalue weighted by Gasteiger charge is -2.20. The van der Waals surface area contributed by atoms with Crippen LogP contribution in [0.3, 0.4) is 0 Å². The van der Waals surface area contributed by atoms with E-state index >= 15 is 0 Å². The third-order valence-electron chi connectivity index (χ3n) is 11.8. The molecule has 0 saturated heterocycles. The monoisotopic (exact) mass is 696 g/mol. The van der Waals surface area contributed by atoms with Gasteiger partial charge in [0.05, 0.1) is 0 Å². The van der Waals surface area contributed by atoms with Gasteiger partial charge < -0.3 is 4.42 Å². The van der Waals surface area contributed by atoms with Crippen LogP contribution in [0.5, 0.6) is 0 Å². The molecule has 1 nitrogen and oxygen atoms in total. The molecule has 0 fully saturated rings. The molecule has 0 aliphatic heterocycles. The van der Waals surface area contributed by atoms with Crippen LogP contribution in [0.2, 0.25) is 0 Å². The van der Waals surface area contributed by atoms with Gasteiger partial charge >= 0.3 is 0 Å². The fourth-order valence-electron chi connectivity index (χ4n) is 9.42. The predicted molar refractivity (Wildman–Crippen MR) is 235 cm³/mol. The number of fused-ring (bicyclic) bond motifs is 11. The van der Waals surface area contributed by atoms with Crippen LogP contribution in [0.15, 0.2) is 199 Å². The summed E-state index contributed by atoms with van der Waals surface area (Å²) in [6.45, 7) is 0. The maximum Gasteiger partial charge on any atom is 0.143 e. The molecule has 0 spiro atoms. The van der Waals surface area contributed by atoms with Gasteiger partial charge in [0.1, 0.15) is 11.2 Å². The summed E-state index contributed by atoms with van der Waals surface area (Å²) in [6.07, 6.45) is 0. The third-order valence-corrected chi connectivity index (χ3v) is 11.8. The summed E-state index contributed by atoms with van der Waals surface area (Å²) in [6, 6.07) is 71.1. The Morgan fingerprint density at radius 3 is 1.45 bits per heavy atom. The van der Waals surface area contributed by atoms with Gasteiger partial charge in [0.2, 0.25) is 0 Å². The molecule has 0 unspecified atom stereocenters. The first-order valence-electron chi connectivity index (χ1n) is 19.0. The molecule has 0 aliphatic rings. The molecule has 0 radical (unpaired) electrons. The highest BCUT2D eigenvalue weighted by molar-refractivity contribution is 6.26. The first kappa shape index (κ1) is 30.3. The minimum Gasteiger partial charge on any atom is -0.455 e. The number of rotatable bonds is 3. The van der Waals surface area contributed by atoms with Crippen molar-refractivity contribution in [3.63, 3.8) is 0 Å². The normalized spacial score (nSPS) is 12.0. The zero-order chi connectivity index (χ0) is 36.0. The molecular formula is C54H32O. The molecule has 0 atom stereocenters. The van der Waals surface area contributed by atoms with Crippen molar-refractivity contribution in [3.05, 3.63) is 194 Å². The lowest BCUT2D eigenvalue weighted by Crippen LogP contribution is -1.93. The van der Waals surface area contributed by atoms with Crippen molar-refractivity contribution in [3.8, 4) is 33.4 Å². The van der Waals surface area contributed by atoms with E-state index in [-0.39, 0.29) is 0 Å². The molecule has 55 heavy (non-hydrogen) atoms. The maximum absolute atomic E-state index is 6.58.